The molecule has 1 aromatic carbocycles. The topological polar surface area (TPSA) is 12.0 Å². The lowest BCUT2D eigenvalue weighted by Gasteiger charge is -2.05. The van der Waals surface area contributed by atoms with Crippen molar-refractivity contribution in [1.82, 2.24) is 5.32 Å². The zero-order valence-corrected chi connectivity index (χ0v) is 11.6. The van der Waals surface area contributed by atoms with Crippen molar-refractivity contribution in [2.75, 3.05) is 13.1 Å². The van der Waals surface area contributed by atoms with Crippen molar-refractivity contribution >= 4 is 6.08 Å². The molecule has 0 amide bonds. The Labute approximate surface area is 106 Å². The third-order valence-electron chi connectivity index (χ3n) is 2.98. The number of nitrogens with one attached hydrogen (secondary N) is 1. The molecule has 0 saturated heterocycles. The molecule has 0 heterocycles. The summed E-state index contributed by atoms with van der Waals surface area (Å²) in [7, 11) is 0. The summed E-state index contributed by atoms with van der Waals surface area (Å²) in [5.74, 6) is 0.734. The Balaban J connectivity index is 2.36. The van der Waals surface area contributed by atoms with E-state index in [-0.39, 0.29) is 0 Å². The third kappa shape index (κ3) is 5.18. The van der Waals surface area contributed by atoms with Gasteiger partial charge in [-0.2, -0.15) is 0 Å². The van der Waals surface area contributed by atoms with Crippen molar-refractivity contribution in [2.24, 2.45) is 5.92 Å². The van der Waals surface area contributed by atoms with Crippen molar-refractivity contribution in [3.8, 4) is 0 Å². The average Bonchev–Trinajstić information content (AvgIpc) is 2.28. The maximum atomic E-state index is 3.45. The van der Waals surface area contributed by atoms with E-state index < -0.39 is 0 Å². The fourth-order valence-electron chi connectivity index (χ4n) is 1.74. The van der Waals surface area contributed by atoms with Crippen LogP contribution in [0.3, 0.4) is 0 Å². The van der Waals surface area contributed by atoms with Gasteiger partial charge in [0.25, 0.3) is 0 Å². The number of rotatable bonds is 6. The van der Waals surface area contributed by atoms with Gasteiger partial charge in [0.15, 0.2) is 0 Å². The van der Waals surface area contributed by atoms with E-state index in [1.54, 1.807) is 0 Å². The molecule has 0 aliphatic carbocycles. The first-order chi connectivity index (χ1) is 8.11. The van der Waals surface area contributed by atoms with Crippen molar-refractivity contribution in [1.29, 1.82) is 0 Å². The molecule has 0 unspecified atom stereocenters. The van der Waals surface area contributed by atoms with E-state index >= 15 is 0 Å². The molecule has 1 nitrogen and oxygen atoms in total. The SMILES string of the molecule is Cc1cccc(C=CCCNCC(C)C)c1C. The molecule has 0 spiro atoms. The van der Waals surface area contributed by atoms with E-state index in [0.717, 1.165) is 25.4 Å². The van der Waals surface area contributed by atoms with Crippen LogP contribution < -0.4 is 5.32 Å². The molecule has 17 heavy (non-hydrogen) atoms. The minimum Gasteiger partial charge on any atom is -0.316 e. The summed E-state index contributed by atoms with van der Waals surface area (Å²) in [5, 5.41) is 3.45. The van der Waals surface area contributed by atoms with Gasteiger partial charge in [0.05, 0.1) is 0 Å². The zero-order chi connectivity index (χ0) is 12.7. The second-order valence-electron chi connectivity index (χ2n) is 5.08. The highest BCUT2D eigenvalue weighted by molar-refractivity contribution is 5.55. The monoisotopic (exact) mass is 231 g/mol. The van der Waals surface area contributed by atoms with Crippen molar-refractivity contribution in [3.05, 3.63) is 41.0 Å². The molecule has 0 fully saturated rings. The molecule has 0 atom stereocenters. The minimum atomic E-state index is 0.734. The van der Waals surface area contributed by atoms with E-state index in [1.165, 1.54) is 16.7 Å². The summed E-state index contributed by atoms with van der Waals surface area (Å²) >= 11 is 0. The second kappa shape index (κ2) is 7.29. The Morgan fingerprint density at radius 1 is 1.24 bits per heavy atom. The van der Waals surface area contributed by atoms with Crippen LogP contribution in [0.1, 0.15) is 37.0 Å². The first-order valence-corrected chi connectivity index (χ1v) is 6.54. The van der Waals surface area contributed by atoms with E-state index in [0.29, 0.717) is 0 Å². The maximum absolute atomic E-state index is 3.45. The highest BCUT2D eigenvalue weighted by atomic mass is 14.8. The van der Waals surface area contributed by atoms with Crippen LogP contribution in [0.4, 0.5) is 0 Å². The average molecular weight is 231 g/mol. The lowest BCUT2D eigenvalue weighted by atomic mass is 10.0. The van der Waals surface area contributed by atoms with Gasteiger partial charge in [0.1, 0.15) is 0 Å². The van der Waals surface area contributed by atoms with Crippen LogP contribution in [-0.2, 0) is 0 Å². The Morgan fingerprint density at radius 2 is 2.00 bits per heavy atom. The van der Waals surface area contributed by atoms with Gasteiger partial charge >= 0.3 is 0 Å². The van der Waals surface area contributed by atoms with Crippen molar-refractivity contribution in [3.63, 3.8) is 0 Å². The van der Waals surface area contributed by atoms with E-state index in [4.69, 9.17) is 0 Å². The van der Waals surface area contributed by atoms with Gasteiger partial charge in [-0.05, 0) is 56.0 Å². The highest BCUT2D eigenvalue weighted by Crippen LogP contribution is 2.14. The molecule has 0 aliphatic rings. The molecular weight excluding hydrogens is 206 g/mol. The van der Waals surface area contributed by atoms with Crippen LogP contribution in [-0.4, -0.2) is 13.1 Å². The summed E-state index contributed by atoms with van der Waals surface area (Å²) in [6.45, 7) is 11.0. The van der Waals surface area contributed by atoms with E-state index in [1.807, 2.05) is 0 Å². The largest absolute Gasteiger partial charge is 0.316 e. The van der Waals surface area contributed by atoms with Crippen LogP contribution >= 0.6 is 0 Å². The fourth-order valence-corrected chi connectivity index (χ4v) is 1.74. The number of benzene rings is 1. The van der Waals surface area contributed by atoms with Crippen LogP contribution in [0, 0.1) is 19.8 Å². The molecule has 1 heteroatoms. The van der Waals surface area contributed by atoms with Crippen LogP contribution in [0.2, 0.25) is 0 Å². The van der Waals surface area contributed by atoms with Gasteiger partial charge in [0, 0.05) is 0 Å². The van der Waals surface area contributed by atoms with Gasteiger partial charge in [-0.3, -0.25) is 0 Å². The first kappa shape index (κ1) is 14.0. The second-order valence-corrected chi connectivity index (χ2v) is 5.08. The summed E-state index contributed by atoms with van der Waals surface area (Å²) < 4.78 is 0. The van der Waals surface area contributed by atoms with Gasteiger partial charge in [-0.15, -0.1) is 0 Å². The molecule has 1 N–H and O–H groups in total. The molecule has 1 rings (SSSR count). The van der Waals surface area contributed by atoms with Crippen molar-refractivity contribution < 1.29 is 0 Å². The Morgan fingerprint density at radius 3 is 2.71 bits per heavy atom. The fraction of sp³-hybridized carbons (Fsp3) is 0.500. The molecule has 0 aliphatic heterocycles. The van der Waals surface area contributed by atoms with E-state index in [9.17, 15) is 0 Å². The van der Waals surface area contributed by atoms with Gasteiger partial charge in [-0.25, -0.2) is 0 Å². The molecule has 0 radical (unpaired) electrons. The van der Waals surface area contributed by atoms with Gasteiger partial charge in [-0.1, -0.05) is 44.2 Å². The summed E-state index contributed by atoms with van der Waals surface area (Å²) in [6.07, 6.45) is 5.59. The number of hydrogen-bond donors (Lipinski definition) is 1. The van der Waals surface area contributed by atoms with Crippen LogP contribution in [0.15, 0.2) is 24.3 Å². The predicted octanol–water partition coefficient (Wildman–Crippen LogP) is 3.95. The zero-order valence-electron chi connectivity index (χ0n) is 11.6. The van der Waals surface area contributed by atoms with Gasteiger partial charge in [0.2, 0.25) is 0 Å². The lowest BCUT2D eigenvalue weighted by Crippen LogP contribution is -2.20. The lowest BCUT2D eigenvalue weighted by molar-refractivity contribution is 0.557. The maximum Gasteiger partial charge on any atom is -0.00140 e. The summed E-state index contributed by atoms with van der Waals surface area (Å²) in [4.78, 5) is 0. The number of hydrogen-bond acceptors (Lipinski definition) is 1. The van der Waals surface area contributed by atoms with Crippen LogP contribution in [0.5, 0.6) is 0 Å². The summed E-state index contributed by atoms with van der Waals surface area (Å²) in [5.41, 5.74) is 4.10. The first-order valence-electron chi connectivity index (χ1n) is 6.54. The molecule has 1 aromatic rings. The van der Waals surface area contributed by atoms with E-state index in [2.05, 4.69) is 63.4 Å². The molecule has 94 valence electrons. The normalized spacial score (nSPS) is 11.6. The highest BCUT2D eigenvalue weighted by Gasteiger charge is 1.96. The smallest absolute Gasteiger partial charge is 0.00140 e. The standard InChI is InChI=1S/C16H25N/c1-13(2)12-17-11-6-5-9-16-10-7-8-14(3)15(16)4/h5,7-10,13,17H,6,11-12H2,1-4H3. The van der Waals surface area contributed by atoms with Crippen LogP contribution in [0.25, 0.3) is 6.08 Å². The van der Waals surface area contributed by atoms with Crippen molar-refractivity contribution in [2.45, 2.75) is 34.1 Å². The van der Waals surface area contributed by atoms with Gasteiger partial charge < -0.3 is 5.32 Å². The predicted molar refractivity (Wildman–Crippen MR) is 77.3 cm³/mol. The minimum absolute atomic E-state index is 0.734. The Hall–Kier alpha value is -1.08. The molecule has 0 aromatic heterocycles. The quantitative estimate of drug-likeness (QED) is 0.731. The molecule has 0 bridgehead atoms. The Kier molecular flexibility index (Phi) is 5.99. The third-order valence-corrected chi connectivity index (χ3v) is 2.98. The molecule has 0 saturated carbocycles. The number of aryl methyl sites for hydroxylation is 1. The molecular formula is C16H25N. The summed E-state index contributed by atoms with van der Waals surface area (Å²) in [6, 6.07) is 6.47. The Bertz CT molecular complexity index is 364.